The van der Waals surface area contributed by atoms with Crippen molar-refractivity contribution in [1.82, 2.24) is 14.5 Å². The summed E-state index contributed by atoms with van der Waals surface area (Å²) in [5, 5.41) is 4.21. The van der Waals surface area contributed by atoms with Gasteiger partial charge >= 0.3 is 0 Å². The van der Waals surface area contributed by atoms with Gasteiger partial charge in [0, 0.05) is 43.2 Å². The molecule has 3 rings (SSSR count). The molecule has 3 N–H and O–H groups in total. The fourth-order valence-electron chi connectivity index (χ4n) is 2.93. The molecule has 0 aliphatic heterocycles. The Labute approximate surface area is 173 Å². The van der Waals surface area contributed by atoms with Gasteiger partial charge in [0.1, 0.15) is 0 Å². The van der Waals surface area contributed by atoms with Gasteiger partial charge in [-0.05, 0) is 43.2 Å². The van der Waals surface area contributed by atoms with Gasteiger partial charge in [0.25, 0.3) is 5.56 Å². The molecule has 2 heterocycles. The molecule has 28 heavy (non-hydrogen) atoms. The molecule has 0 radical (unpaired) electrons. The van der Waals surface area contributed by atoms with Crippen LogP contribution in [-0.2, 0) is 13.5 Å². The van der Waals surface area contributed by atoms with E-state index in [-0.39, 0.29) is 11.6 Å². The van der Waals surface area contributed by atoms with Crippen molar-refractivity contribution in [3.05, 3.63) is 74.3 Å². The van der Waals surface area contributed by atoms with Gasteiger partial charge in [-0.3, -0.25) is 14.3 Å². The highest BCUT2D eigenvalue weighted by atomic mass is 35.5. The monoisotopic (exact) mass is 417 g/mol. The van der Waals surface area contributed by atoms with Crippen molar-refractivity contribution >= 4 is 29.2 Å². The lowest BCUT2D eigenvalue weighted by Crippen LogP contribution is -2.34. The molecule has 3 aromatic rings. The van der Waals surface area contributed by atoms with Crippen LogP contribution >= 0.6 is 23.2 Å². The third kappa shape index (κ3) is 4.52. The van der Waals surface area contributed by atoms with Gasteiger partial charge in [-0.2, -0.15) is 0 Å². The smallest absolute Gasteiger partial charge is 0.258 e. The quantitative estimate of drug-likeness (QED) is 0.641. The van der Waals surface area contributed by atoms with E-state index in [4.69, 9.17) is 28.9 Å². The van der Waals surface area contributed by atoms with E-state index in [1.165, 1.54) is 4.57 Å². The average molecular weight is 418 g/mol. The first-order valence-corrected chi connectivity index (χ1v) is 9.54. The summed E-state index contributed by atoms with van der Waals surface area (Å²) < 4.78 is 1.49. The molecular formula is C20H21Cl2N5O. The van der Waals surface area contributed by atoms with E-state index < -0.39 is 0 Å². The fraction of sp³-hybridized carbons (Fsp3) is 0.250. The van der Waals surface area contributed by atoms with Crippen LogP contribution in [0.5, 0.6) is 0 Å². The Morgan fingerprint density at radius 1 is 1.18 bits per heavy atom. The zero-order valence-corrected chi connectivity index (χ0v) is 17.1. The Kier molecular flexibility index (Phi) is 6.34. The largest absolute Gasteiger partial charge is 0.354 e. The number of rotatable bonds is 6. The van der Waals surface area contributed by atoms with Crippen molar-refractivity contribution in [2.45, 2.75) is 19.4 Å². The van der Waals surface area contributed by atoms with Gasteiger partial charge in [0.15, 0.2) is 0 Å². The van der Waals surface area contributed by atoms with E-state index in [9.17, 15) is 4.79 Å². The molecule has 0 aliphatic rings. The lowest BCUT2D eigenvalue weighted by atomic mass is 10.1. The van der Waals surface area contributed by atoms with Crippen LogP contribution in [0.1, 0.15) is 11.1 Å². The summed E-state index contributed by atoms with van der Waals surface area (Å²) in [6, 6.07) is 8.93. The summed E-state index contributed by atoms with van der Waals surface area (Å²) in [6.07, 6.45) is 3.96. The summed E-state index contributed by atoms with van der Waals surface area (Å²) in [5.41, 5.74) is 9.18. The topological polar surface area (TPSA) is 85.8 Å². The predicted octanol–water partition coefficient (Wildman–Crippen LogP) is 3.44. The number of nitrogens with two attached hydrogens (primary N) is 1. The summed E-state index contributed by atoms with van der Waals surface area (Å²) in [7, 11) is 1.69. The van der Waals surface area contributed by atoms with Gasteiger partial charge in [-0.15, -0.1) is 0 Å². The van der Waals surface area contributed by atoms with Gasteiger partial charge in [-0.1, -0.05) is 29.3 Å². The van der Waals surface area contributed by atoms with Crippen molar-refractivity contribution in [3.63, 3.8) is 0 Å². The molecule has 2 aromatic heterocycles. The Morgan fingerprint density at radius 2 is 1.89 bits per heavy atom. The molecular weight excluding hydrogens is 397 g/mol. The predicted molar refractivity (Wildman–Crippen MR) is 114 cm³/mol. The number of pyridine rings is 1. The molecule has 0 bridgehead atoms. The lowest BCUT2D eigenvalue weighted by molar-refractivity contribution is 0.687. The number of benzene rings is 1. The van der Waals surface area contributed by atoms with E-state index in [1.54, 1.807) is 32.4 Å². The van der Waals surface area contributed by atoms with E-state index in [0.29, 0.717) is 40.2 Å². The minimum absolute atomic E-state index is 0.109. The number of anilines is 1. The first-order chi connectivity index (χ1) is 13.4. The van der Waals surface area contributed by atoms with Crippen LogP contribution in [0.3, 0.4) is 0 Å². The van der Waals surface area contributed by atoms with Gasteiger partial charge in [0.2, 0.25) is 5.95 Å². The molecule has 0 amide bonds. The van der Waals surface area contributed by atoms with E-state index >= 15 is 0 Å². The number of nitrogens with one attached hydrogen (secondary N) is 1. The number of hydrogen-bond acceptors (Lipinski definition) is 5. The lowest BCUT2D eigenvalue weighted by Gasteiger charge is -2.17. The third-order valence-corrected chi connectivity index (χ3v) is 5.21. The summed E-state index contributed by atoms with van der Waals surface area (Å²) in [5.74, 6) is 0.465. The first-order valence-electron chi connectivity index (χ1n) is 8.78. The van der Waals surface area contributed by atoms with Crippen LogP contribution in [0.2, 0.25) is 10.0 Å². The van der Waals surface area contributed by atoms with Crippen molar-refractivity contribution in [3.8, 4) is 11.3 Å². The molecule has 146 valence electrons. The summed E-state index contributed by atoms with van der Waals surface area (Å²) in [4.78, 5) is 21.2. The van der Waals surface area contributed by atoms with Crippen LogP contribution in [0.15, 0.2) is 47.5 Å². The molecule has 6 nitrogen and oxygen atoms in total. The average Bonchev–Trinajstić information content (AvgIpc) is 2.69. The minimum atomic E-state index is -0.195. The standard InChI is InChI=1S/C20H21Cl2N5O/c1-12-18(14-5-7-24-8-6-14)26-20(27(2)19(12)28)25-11-15(23)9-13-3-4-16(21)17(22)10-13/h3-8,10,15H,9,11,23H2,1-2H3,(H,25,26). The molecule has 8 heteroatoms. The zero-order chi connectivity index (χ0) is 20.3. The maximum Gasteiger partial charge on any atom is 0.258 e. The number of hydrogen-bond donors (Lipinski definition) is 2. The van der Waals surface area contributed by atoms with Crippen LogP contribution in [0.25, 0.3) is 11.3 Å². The Hall–Kier alpha value is -2.41. The van der Waals surface area contributed by atoms with Crippen molar-refractivity contribution < 1.29 is 0 Å². The van der Waals surface area contributed by atoms with Gasteiger partial charge < -0.3 is 11.1 Å². The minimum Gasteiger partial charge on any atom is -0.354 e. The summed E-state index contributed by atoms with van der Waals surface area (Å²) in [6.45, 7) is 2.21. The van der Waals surface area contributed by atoms with Crippen LogP contribution in [0, 0.1) is 6.92 Å². The molecule has 0 aliphatic carbocycles. The second kappa shape index (κ2) is 8.73. The van der Waals surface area contributed by atoms with Crippen molar-refractivity contribution in [2.24, 2.45) is 12.8 Å². The van der Waals surface area contributed by atoms with Crippen molar-refractivity contribution in [1.29, 1.82) is 0 Å². The number of nitrogens with zero attached hydrogens (tertiary/aromatic N) is 3. The highest BCUT2D eigenvalue weighted by Crippen LogP contribution is 2.23. The highest BCUT2D eigenvalue weighted by Gasteiger charge is 2.14. The highest BCUT2D eigenvalue weighted by molar-refractivity contribution is 6.42. The molecule has 0 fully saturated rings. The molecule has 1 unspecified atom stereocenters. The Morgan fingerprint density at radius 3 is 2.57 bits per heavy atom. The second-order valence-electron chi connectivity index (χ2n) is 6.60. The van der Waals surface area contributed by atoms with Gasteiger partial charge in [0.05, 0.1) is 15.7 Å². The SMILES string of the molecule is Cc1c(-c2ccncc2)nc(NCC(N)Cc2ccc(Cl)c(Cl)c2)n(C)c1=O. The second-order valence-corrected chi connectivity index (χ2v) is 7.42. The molecule has 1 aromatic carbocycles. The van der Waals surface area contributed by atoms with Crippen LogP contribution in [-0.4, -0.2) is 27.1 Å². The maximum atomic E-state index is 12.6. The Balaban J connectivity index is 1.77. The van der Waals surface area contributed by atoms with E-state index in [1.807, 2.05) is 24.3 Å². The maximum absolute atomic E-state index is 12.6. The van der Waals surface area contributed by atoms with Crippen molar-refractivity contribution in [2.75, 3.05) is 11.9 Å². The van der Waals surface area contributed by atoms with Gasteiger partial charge in [-0.25, -0.2) is 4.98 Å². The number of aromatic nitrogens is 3. The zero-order valence-electron chi connectivity index (χ0n) is 15.6. The molecule has 0 spiro atoms. The third-order valence-electron chi connectivity index (χ3n) is 4.47. The van der Waals surface area contributed by atoms with Crippen LogP contribution in [0.4, 0.5) is 5.95 Å². The first kappa shape index (κ1) is 20.3. The molecule has 0 saturated heterocycles. The number of halogens is 2. The summed E-state index contributed by atoms with van der Waals surface area (Å²) >= 11 is 12.0. The fourth-order valence-corrected chi connectivity index (χ4v) is 3.25. The normalized spacial score (nSPS) is 12.0. The van der Waals surface area contributed by atoms with E-state index in [0.717, 1.165) is 11.1 Å². The Bertz CT molecular complexity index is 1040. The van der Waals surface area contributed by atoms with E-state index in [2.05, 4.69) is 15.3 Å². The molecule has 0 saturated carbocycles. The molecule has 1 atom stereocenters. The van der Waals surface area contributed by atoms with Crippen LogP contribution < -0.4 is 16.6 Å².